The summed E-state index contributed by atoms with van der Waals surface area (Å²) in [6.45, 7) is 7.98. The first kappa shape index (κ1) is 26.6. The number of fused-ring (bicyclic) bond motifs is 1. The fourth-order valence-corrected chi connectivity index (χ4v) is 6.09. The van der Waals surface area contributed by atoms with Crippen molar-refractivity contribution in [2.75, 3.05) is 25.4 Å². The smallest absolute Gasteiger partial charge is 0.352 e. The minimum absolute atomic E-state index is 0.0131. The number of benzene rings is 1. The van der Waals surface area contributed by atoms with Gasteiger partial charge in [-0.15, -0.1) is 0 Å². The molecule has 7 nitrogen and oxygen atoms in total. The average molecular weight is 525 g/mol. The number of hydrogen-bond acceptors (Lipinski definition) is 5. The molecule has 2 aliphatic heterocycles. The topological polar surface area (TPSA) is 82.6 Å². The Morgan fingerprint density at radius 2 is 1.86 bits per heavy atom. The molecule has 4 rings (SSSR count). The molecule has 0 unspecified atom stereocenters. The Balaban J connectivity index is 1.39. The van der Waals surface area contributed by atoms with E-state index < -0.39 is 21.8 Å². The molecule has 0 radical (unpaired) electrons. The third kappa shape index (κ3) is 5.57. The number of halogens is 3. The lowest BCUT2D eigenvalue weighted by atomic mass is 9.99. The van der Waals surface area contributed by atoms with Gasteiger partial charge in [-0.1, -0.05) is 26.0 Å². The lowest BCUT2D eigenvalue weighted by Gasteiger charge is -2.37. The van der Waals surface area contributed by atoms with Crippen molar-refractivity contribution in [3.05, 3.63) is 64.5 Å². The van der Waals surface area contributed by atoms with E-state index in [0.717, 1.165) is 29.0 Å². The van der Waals surface area contributed by atoms with Crippen LogP contribution in [0.1, 0.15) is 59.6 Å². The molecule has 1 N–H and O–H groups in total. The van der Waals surface area contributed by atoms with Gasteiger partial charge in [-0.2, -0.15) is 13.2 Å². The Labute approximate surface area is 209 Å². The van der Waals surface area contributed by atoms with Gasteiger partial charge in [-0.25, -0.2) is 12.7 Å². The Bertz CT molecular complexity index is 1210. The van der Waals surface area contributed by atoms with E-state index in [1.54, 1.807) is 13.1 Å². The number of pyridine rings is 1. The number of carbonyl (C=O) groups is 1. The molecular formula is C25H31F3N4O3S. The molecule has 1 amide bonds. The number of alkyl halides is 3. The molecule has 2 aromatic rings. The van der Waals surface area contributed by atoms with Crippen LogP contribution in [-0.2, 0) is 29.3 Å². The third-order valence-corrected chi connectivity index (χ3v) is 8.66. The zero-order valence-electron chi connectivity index (χ0n) is 20.5. The van der Waals surface area contributed by atoms with Crippen LogP contribution in [0.5, 0.6) is 0 Å². The minimum Gasteiger partial charge on any atom is -0.352 e. The molecule has 0 aliphatic carbocycles. The second-order valence-electron chi connectivity index (χ2n) is 9.85. The lowest BCUT2D eigenvalue weighted by Crippen LogP contribution is -2.54. The third-order valence-electron chi connectivity index (χ3n) is 6.84. The molecule has 0 saturated carbocycles. The molecule has 196 valence electrons. The highest BCUT2D eigenvalue weighted by Crippen LogP contribution is 2.39. The first-order chi connectivity index (χ1) is 16.9. The quantitative estimate of drug-likeness (QED) is 0.568. The molecule has 3 heterocycles. The van der Waals surface area contributed by atoms with Crippen LogP contribution in [0.15, 0.2) is 36.5 Å². The van der Waals surface area contributed by atoms with E-state index in [2.05, 4.69) is 29.0 Å². The van der Waals surface area contributed by atoms with E-state index in [1.807, 2.05) is 6.07 Å². The minimum atomic E-state index is -4.37. The summed E-state index contributed by atoms with van der Waals surface area (Å²) in [6, 6.07) is 7.02. The van der Waals surface area contributed by atoms with Crippen LogP contribution in [0.4, 0.5) is 13.2 Å². The Morgan fingerprint density at radius 1 is 1.19 bits per heavy atom. The van der Waals surface area contributed by atoms with Crippen LogP contribution in [0.2, 0.25) is 0 Å². The van der Waals surface area contributed by atoms with Crippen LogP contribution in [-0.4, -0.2) is 53.9 Å². The number of sulfonamides is 1. The average Bonchev–Trinajstić information content (AvgIpc) is 3.14. The van der Waals surface area contributed by atoms with E-state index in [4.69, 9.17) is 0 Å². The largest absolute Gasteiger partial charge is 0.416 e. The molecular weight excluding hydrogens is 493 g/mol. The van der Waals surface area contributed by atoms with Crippen molar-refractivity contribution in [1.29, 1.82) is 0 Å². The Hall–Kier alpha value is -2.50. The van der Waals surface area contributed by atoms with Gasteiger partial charge in [-0.05, 0) is 42.2 Å². The van der Waals surface area contributed by atoms with Gasteiger partial charge in [0.2, 0.25) is 10.0 Å². The predicted octanol–water partition coefficient (Wildman–Crippen LogP) is 3.82. The number of nitrogens with one attached hydrogen (secondary N) is 1. The van der Waals surface area contributed by atoms with E-state index in [-0.39, 0.29) is 29.5 Å². The number of aromatic nitrogens is 1. The summed E-state index contributed by atoms with van der Waals surface area (Å²) in [4.78, 5) is 19.5. The van der Waals surface area contributed by atoms with E-state index in [1.165, 1.54) is 16.4 Å². The van der Waals surface area contributed by atoms with Crippen molar-refractivity contribution in [3.63, 3.8) is 0 Å². The summed E-state index contributed by atoms with van der Waals surface area (Å²) in [5, 5.41) is 2.88. The van der Waals surface area contributed by atoms with Crippen molar-refractivity contribution < 1.29 is 26.4 Å². The van der Waals surface area contributed by atoms with Crippen molar-refractivity contribution in [2.24, 2.45) is 11.8 Å². The first-order valence-electron chi connectivity index (χ1n) is 12.0. The summed E-state index contributed by atoms with van der Waals surface area (Å²) >= 11 is 0. The van der Waals surface area contributed by atoms with Gasteiger partial charge < -0.3 is 5.32 Å². The number of carbonyl (C=O) groups excluding carboxylic acids is 1. The number of nitrogens with zero attached hydrogens (tertiary/aromatic N) is 3. The van der Waals surface area contributed by atoms with Gasteiger partial charge in [0.1, 0.15) is 0 Å². The van der Waals surface area contributed by atoms with Gasteiger partial charge in [0.05, 0.1) is 28.6 Å². The van der Waals surface area contributed by atoms with Crippen LogP contribution < -0.4 is 5.32 Å². The Morgan fingerprint density at radius 3 is 2.44 bits per heavy atom. The maximum atomic E-state index is 12.9. The van der Waals surface area contributed by atoms with Gasteiger partial charge in [0.15, 0.2) is 0 Å². The molecule has 0 spiro atoms. The summed E-state index contributed by atoms with van der Waals surface area (Å²) in [7, 11) is -3.18. The maximum Gasteiger partial charge on any atom is 0.416 e. The van der Waals surface area contributed by atoms with Crippen molar-refractivity contribution >= 4 is 15.9 Å². The first-order valence-corrected chi connectivity index (χ1v) is 13.6. The van der Waals surface area contributed by atoms with Crippen LogP contribution in [0.25, 0.3) is 0 Å². The maximum absolute atomic E-state index is 12.9. The fourth-order valence-electron chi connectivity index (χ4n) is 4.85. The predicted molar refractivity (Wildman–Crippen MR) is 129 cm³/mol. The fraction of sp³-hybridized carbons (Fsp3) is 0.520. The molecule has 1 fully saturated rings. The van der Waals surface area contributed by atoms with Gasteiger partial charge >= 0.3 is 6.18 Å². The van der Waals surface area contributed by atoms with Crippen molar-refractivity contribution in [1.82, 2.24) is 19.5 Å². The van der Waals surface area contributed by atoms with Crippen molar-refractivity contribution in [2.45, 2.75) is 46.1 Å². The number of hydrogen-bond donors (Lipinski definition) is 1. The van der Waals surface area contributed by atoms with Crippen LogP contribution in [0.3, 0.4) is 0 Å². The molecule has 0 bridgehead atoms. The molecule has 1 aromatic carbocycles. The van der Waals surface area contributed by atoms with E-state index in [0.29, 0.717) is 38.3 Å². The highest BCUT2D eigenvalue weighted by molar-refractivity contribution is 7.89. The van der Waals surface area contributed by atoms with Gasteiger partial charge in [0.25, 0.3) is 5.91 Å². The van der Waals surface area contributed by atoms with Gasteiger partial charge in [-0.3, -0.25) is 14.7 Å². The second kappa shape index (κ2) is 10.1. The molecule has 1 atom stereocenters. The SMILES string of the molecule is CCS(=O)(=O)N1CC(CNC(=O)c2cnc3c(c2)CN(Cc2ccc(C(F)(F)F)cc2)[C@H]3C(C)C)C1. The summed E-state index contributed by atoms with van der Waals surface area (Å²) in [5.41, 5.74) is 2.35. The zero-order chi connectivity index (χ0) is 26.3. The standard InChI is InChI=1S/C25H31F3N4O3S/c1-4-36(34,35)32-13-18(14-32)10-30-24(33)19-9-20-15-31(23(16(2)3)22(20)29-11-19)12-17-5-7-21(8-6-17)25(26,27)28/h5-9,11,16,18,23H,4,10,12-15H2,1-3H3,(H,30,33)/t23-/m0/s1. The normalized spacial score (nSPS) is 19.4. The van der Waals surface area contributed by atoms with Crippen LogP contribution >= 0.6 is 0 Å². The lowest BCUT2D eigenvalue weighted by molar-refractivity contribution is -0.137. The highest BCUT2D eigenvalue weighted by Gasteiger charge is 2.36. The second-order valence-corrected chi connectivity index (χ2v) is 12.1. The zero-order valence-corrected chi connectivity index (χ0v) is 21.4. The Kier molecular flexibility index (Phi) is 7.45. The highest BCUT2D eigenvalue weighted by atomic mass is 32.2. The molecule has 2 aliphatic rings. The van der Waals surface area contributed by atoms with Crippen molar-refractivity contribution in [3.8, 4) is 0 Å². The molecule has 11 heteroatoms. The van der Waals surface area contributed by atoms with Gasteiger partial charge in [0, 0.05) is 44.8 Å². The van der Waals surface area contributed by atoms with E-state index in [9.17, 15) is 26.4 Å². The monoisotopic (exact) mass is 524 g/mol. The summed E-state index contributed by atoms with van der Waals surface area (Å²) < 4.78 is 63.8. The molecule has 36 heavy (non-hydrogen) atoms. The molecule has 1 saturated heterocycles. The number of amides is 1. The molecule has 1 aromatic heterocycles. The summed E-state index contributed by atoms with van der Waals surface area (Å²) in [6.07, 6.45) is -2.81. The summed E-state index contributed by atoms with van der Waals surface area (Å²) in [5.74, 6) is 0.112. The van der Waals surface area contributed by atoms with Crippen LogP contribution in [0, 0.1) is 11.8 Å². The van der Waals surface area contributed by atoms with E-state index >= 15 is 0 Å². The number of rotatable bonds is 8.